The van der Waals surface area contributed by atoms with Gasteiger partial charge in [0.05, 0.1) is 4.87 Å². The van der Waals surface area contributed by atoms with Crippen molar-refractivity contribution in [2.75, 3.05) is 12.3 Å². The molecule has 0 bridgehead atoms. The first-order valence-corrected chi connectivity index (χ1v) is 12.4. The summed E-state index contributed by atoms with van der Waals surface area (Å²) >= 11 is 2.26. The van der Waals surface area contributed by atoms with Crippen LogP contribution in [0.3, 0.4) is 0 Å². The number of fused-ring (bicyclic) bond motifs is 5. The van der Waals surface area contributed by atoms with Crippen LogP contribution in [0.1, 0.15) is 85.0 Å². The van der Waals surface area contributed by atoms with E-state index in [2.05, 4.69) is 37.8 Å². The van der Waals surface area contributed by atoms with Crippen LogP contribution in [-0.2, 0) is 0 Å². The number of hydrogen-bond donors (Lipinski definition) is 1. The molecule has 142 valence electrons. The minimum Gasteiger partial charge on any atom is -0.302 e. The molecule has 5 aliphatic rings. The highest BCUT2D eigenvalue weighted by Gasteiger charge is 2.61. The van der Waals surface area contributed by atoms with Gasteiger partial charge in [-0.05, 0) is 98.2 Å². The van der Waals surface area contributed by atoms with E-state index in [1.54, 1.807) is 19.3 Å². The molecule has 5 fully saturated rings. The third-order valence-electron chi connectivity index (χ3n) is 10.3. The Kier molecular flexibility index (Phi) is 4.11. The van der Waals surface area contributed by atoms with Gasteiger partial charge in [0.1, 0.15) is 0 Å². The van der Waals surface area contributed by atoms with E-state index < -0.39 is 0 Å². The van der Waals surface area contributed by atoms with Crippen molar-refractivity contribution >= 4 is 11.8 Å². The van der Waals surface area contributed by atoms with Gasteiger partial charge in [-0.2, -0.15) is 0 Å². The molecule has 0 aromatic heterocycles. The highest BCUT2D eigenvalue weighted by atomic mass is 32.2. The lowest BCUT2D eigenvalue weighted by Gasteiger charge is -2.62. The molecule has 0 aromatic carbocycles. The van der Waals surface area contributed by atoms with Crippen LogP contribution in [0.2, 0.25) is 0 Å². The molecule has 1 nitrogen and oxygen atoms in total. The second kappa shape index (κ2) is 5.90. The largest absolute Gasteiger partial charge is 0.302 e. The van der Waals surface area contributed by atoms with Crippen LogP contribution >= 0.6 is 11.8 Å². The van der Waals surface area contributed by atoms with E-state index in [1.807, 2.05) is 0 Å². The SMILES string of the molecule is CC[C@H]1CC[C@H]2[C@@H]3CCC4CC5(CC[C@]4(C)[C@H]3CC[C@]12C)NCCS5. The summed E-state index contributed by atoms with van der Waals surface area (Å²) in [5.74, 6) is 6.53. The molecule has 2 heteroatoms. The average Bonchev–Trinajstić information content (AvgIpc) is 3.19. The lowest BCUT2D eigenvalue weighted by molar-refractivity contribution is -0.116. The van der Waals surface area contributed by atoms with Gasteiger partial charge in [0.25, 0.3) is 0 Å². The molecular formula is C23H39NS. The highest BCUT2D eigenvalue weighted by Crippen LogP contribution is 2.68. The van der Waals surface area contributed by atoms with Crippen LogP contribution in [0.15, 0.2) is 0 Å². The summed E-state index contributed by atoms with van der Waals surface area (Å²) in [4.78, 5) is 0.473. The van der Waals surface area contributed by atoms with Gasteiger partial charge in [0.2, 0.25) is 0 Å². The normalized spacial score (nSPS) is 58.0. The van der Waals surface area contributed by atoms with Gasteiger partial charge in [0, 0.05) is 12.3 Å². The third kappa shape index (κ3) is 2.38. The van der Waals surface area contributed by atoms with E-state index >= 15 is 0 Å². The van der Waals surface area contributed by atoms with E-state index in [1.165, 1.54) is 57.2 Å². The van der Waals surface area contributed by atoms with Gasteiger partial charge in [-0.25, -0.2) is 0 Å². The smallest absolute Gasteiger partial charge is 0.0649 e. The van der Waals surface area contributed by atoms with E-state index in [0.29, 0.717) is 15.7 Å². The molecule has 0 aromatic rings. The van der Waals surface area contributed by atoms with Crippen LogP contribution in [0.25, 0.3) is 0 Å². The van der Waals surface area contributed by atoms with Crippen LogP contribution in [-0.4, -0.2) is 17.2 Å². The maximum Gasteiger partial charge on any atom is 0.0649 e. The van der Waals surface area contributed by atoms with Crippen LogP contribution in [0.5, 0.6) is 0 Å². The standard InChI is InChI=1S/C23H39NS/c1-4-16-6-8-19-18-7-5-17-15-23(24-13-14-25-23)12-11-22(17,3)20(18)9-10-21(16,19)2/h16-20,24H,4-15H2,1-3H3/t16-,17?,18-,19-,20-,21+,22-,23?/m0/s1. The Bertz CT molecular complexity index is 526. The van der Waals surface area contributed by atoms with Gasteiger partial charge in [0.15, 0.2) is 0 Å². The van der Waals surface area contributed by atoms with Crippen molar-refractivity contribution in [2.24, 2.45) is 40.4 Å². The first-order chi connectivity index (χ1) is 12.0. The lowest BCUT2D eigenvalue weighted by Crippen LogP contribution is -2.57. The van der Waals surface area contributed by atoms with E-state index in [-0.39, 0.29) is 0 Å². The third-order valence-corrected chi connectivity index (χ3v) is 11.8. The molecule has 0 radical (unpaired) electrons. The molecule has 5 rings (SSSR count). The van der Waals surface area contributed by atoms with Gasteiger partial charge in [-0.3, -0.25) is 0 Å². The summed E-state index contributed by atoms with van der Waals surface area (Å²) in [5, 5.41) is 3.91. The fourth-order valence-electron chi connectivity index (χ4n) is 8.88. The zero-order chi connectivity index (χ0) is 17.3. The van der Waals surface area contributed by atoms with Crippen molar-refractivity contribution in [3.8, 4) is 0 Å². The number of thioether (sulfide) groups is 1. The topological polar surface area (TPSA) is 12.0 Å². The summed E-state index contributed by atoms with van der Waals surface area (Å²) in [5.41, 5.74) is 1.35. The van der Waals surface area contributed by atoms with Crippen molar-refractivity contribution in [1.29, 1.82) is 0 Å². The summed E-state index contributed by atoms with van der Waals surface area (Å²) in [6.45, 7) is 9.13. The molecule has 1 aliphatic heterocycles. The molecule has 4 aliphatic carbocycles. The molecule has 1 saturated heterocycles. The van der Waals surface area contributed by atoms with E-state index in [0.717, 1.165) is 29.6 Å². The summed E-state index contributed by atoms with van der Waals surface area (Å²) < 4.78 is 0. The van der Waals surface area contributed by atoms with Crippen LogP contribution in [0, 0.1) is 40.4 Å². The van der Waals surface area contributed by atoms with Crippen molar-refractivity contribution in [2.45, 2.75) is 89.9 Å². The van der Waals surface area contributed by atoms with Crippen molar-refractivity contribution < 1.29 is 0 Å². The zero-order valence-corrected chi connectivity index (χ0v) is 17.6. The summed E-state index contributed by atoms with van der Waals surface area (Å²) in [6.07, 6.45) is 15.1. The first-order valence-electron chi connectivity index (χ1n) is 11.4. The minimum atomic E-state index is 0.473. The second-order valence-electron chi connectivity index (χ2n) is 10.9. The zero-order valence-electron chi connectivity index (χ0n) is 16.8. The van der Waals surface area contributed by atoms with Crippen molar-refractivity contribution in [3.05, 3.63) is 0 Å². The monoisotopic (exact) mass is 361 g/mol. The lowest BCUT2D eigenvalue weighted by atomic mass is 9.44. The molecule has 8 atom stereocenters. The molecule has 25 heavy (non-hydrogen) atoms. The first kappa shape index (κ1) is 17.4. The fraction of sp³-hybridized carbons (Fsp3) is 1.00. The van der Waals surface area contributed by atoms with E-state index in [9.17, 15) is 0 Å². The predicted octanol–water partition coefficient (Wildman–Crippen LogP) is 6.09. The fourth-order valence-corrected chi connectivity index (χ4v) is 10.2. The number of rotatable bonds is 1. The Balaban J connectivity index is 1.39. The molecule has 0 amide bonds. The van der Waals surface area contributed by atoms with Crippen LogP contribution in [0.4, 0.5) is 0 Å². The van der Waals surface area contributed by atoms with Crippen LogP contribution < -0.4 is 5.32 Å². The molecule has 2 unspecified atom stereocenters. The maximum absolute atomic E-state index is 3.91. The van der Waals surface area contributed by atoms with E-state index in [4.69, 9.17) is 0 Å². The van der Waals surface area contributed by atoms with Gasteiger partial charge >= 0.3 is 0 Å². The Labute approximate surface area is 159 Å². The van der Waals surface area contributed by atoms with Gasteiger partial charge in [-0.1, -0.05) is 27.2 Å². The molecule has 4 saturated carbocycles. The molecular weight excluding hydrogens is 322 g/mol. The quantitative estimate of drug-likeness (QED) is 0.606. The Hall–Kier alpha value is 0.310. The summed E-state index contributed by atoms with van der Waals surface area (Å²) in [6, 6.07) is 0. The number of hydrogen-bond acceptors (Lipinski definition) is 2. The van der Waals surface area contributed by atoms with Gasteiger partial charge in [-0.15, -0.1) is 11.8 Å². The van der Waals surface area contributed by atoms with Gasteiger partial charge < -0.3 is 5.32 Å². The second-order valence-corrected chi connectivity index (χ2v) is 12.3. The Morgan fingerprint density at radius 1 is 0.920 bits per heavy atom. The Morgan fingerprint density at radius 3 is 2.52 bits per heavy atom. The molecule has 1 spiro atoms. The highest BCUT2D eigenvalue weighted by molar-refractivity contribution is 8.00. The summed E-state index contributed by atoms with van der Waals surface area (Å²) in [7, 11) is 0. The molecule has 1 N–H and O–H groups in total. The minimum absolute atomic E-state index is 0.473. The average molecular weight is 362 g/mol. The molecule has 1 heterocycles. The predicted molar refractivity (Wildman–Crippen MR) is 109 cm³/mol. The maximum atomic E-state index is 3.91. The van der Waals surface area contributed by atoms with Crippen molar-refractivity contribution in [3.63, 3.8) is 0 Å². The number of nitrogens with one attached hydrogen (secondary N) is 1. The Morgan fingerprint density at radius 2 is 1.76 bits per heavy atom. The van der Waals surface area contributed by atoms with Crippen molar-refractivity contribution in [1.82, 2.24) is 5.32 Å².